The number of carbonyl (C=O) groups is 1. The highest BCUT2D eigenvalue weighted by Crippen LogP contribution is 2.32. The zero-order chi connectivity index (χ0) is 12.9. The minimum Gasteiger partial charge on any atom is -0.316 e. The van der Waals surface area contributed by atoms with Crippen LogP contribution in [0.2, 0.25) is 0 Å². The molecule has 0 aromatic heterocycles. The van der Waals surface area contributed by atoms with E-state index in [0.717, 1.165) is 19.0 Å². The summed E-state index contributed by atoms with van der Waals surface area (Å²) in [6.07, 6.45) is 3.31. The first-order chi connectivity index (χ1) is 7.92. The van der Waals surface area contributed by atoms with E-state index in [2.05, 4.69) is 31.1 Å². The van der Waals surface area contributed by atoms with Crippen LogP contribution in [-0.2, 0) is 4.79 Å². The van der Waals surface area contributed by atoms with Crippen LogP contribution in [0.15, 0.2) is 0 Å². The van der Waals surface area contributed by atoms with Crippen LogP contribution in [0.3, 0.4) is 0 Å². The molecule has 100 valence electrons. The summed E-state index contributed by atoms with van der Waals surface area (Å²) in [7, 11) is 2.21. The van der Waals surface area contributed by atoms with Crippen molar-refractivity contribution < 1.29 is 4.79 Å². The van der Waals surface area contributed by atoms with E-state index >= 15 is 0 Å². The molecule has 1 fully saturated rings. The molecule has 0 spiro atoms. The first-order valence-electron chi connectivity index (χ1n) is 6.80. The van der Waals surface area contributed by atoms with E-state index in [9.17, 15) is 4.79 Å². The lowest BCUT2D eigenvalue weighted by Gasteiger charge is -2.40. The Kier molecular flexibility index (Phi) is 5.60. The molecule has 1 heterocycles. The Hall–Kier alpha value is -0.410. The fourth-order valence-electron chi connectivity index (χ4n) is 2.62. The Balaban J connectivity index is 2.31. The van der Waals surface area contributed by atoms with Gasteiger partial charge in [-0.25, -0.2) is 0 Å². The zero-order valence-electron chi connectivity index (χ0n) is 11.9. The highest BCUT2D eigenvalue weighted by atomic mass is 16.1. The van der Waals surface area contributed by atoms with Crippen LogP contribution >= 0.6 is 0 Å². The van der Waals surface area contributed by atoms with Crippen LogP contribution in [0, 0.1) is 11.3 Å². The molecule has 0 radical (unpaired) electrons. The first-order valence-corrected chi connectivity index (χ1v) is 6.80. The Labute approximate surface area is 106 Å². The van der Waals surface area contributed by atoms with Gasteiger partial charge in [-0.3, -0.25) is 4.79 Å². The molecule has 3 heteroatoms. The second-order valence-corrected chi connectivity index (χ2v) is 6.22. The summed E-state index contributed by atoms with van der Waals surface area (Å²) >= 11 is 0. The molecule has 17 heavy (non-hydrogen) atoms. The van der Waals surface area contributed by atoms with E-state index in [1.165, 1.54) is 25.9 Å². The topological polar surface area (TPSA) is 32.3 Å². The molecule has 0 aromatic rings. The van der Waals surface area contributed by atoms with Crippen LogP contribution in [0.5, 0.6) is 0 Å². The molecule has 1 unspecified atom stereocenters. The van der Waals surface area contributed by atoms with Crippen LogP contribution < -0.4 is 5.32 Å². The quantitative estimate of drug-likeness (QED) is 0.720. The van der Waals surface area contributed by atoms with Crippen molar-refractivity contribution in [1.82, 2.24) is 10.2 Å². The number of nitrogens with zero attached hydrogens (tertiary/aromatic N) is 1. The van der Waals surface area contributed by atoms with Crippen LogP contribution in [-0.4, -0.2) is 43.9 Å². The number of piperidine rings is 1. The highest BCUT2D eigenvalue weighted by Gasteiger charge is 2.31. The first kappa shape index (κ1) is 14.7. The lowest BCUT2D eigenvalue weighted by molar-refractivity contribution is -0.116. The molecule has 1 rings (SSSR count). The van der Waals surface area contributed by atoms with Gasteiger partial charge in [0, 0.05) is 26.1 Å². The predicted molar refractivity (Wildman–Crippen MR) is 72.2 cm³/mol. The summed E-state index contributed by atoms with van der Waals surface area (Å²) in [5, 5.41) is 3.43. The summed E-state index contributed by atoms with van der Waals surface area (Å²) in [6, 6.07) is 0. The second kappa shape index (κ2) is 6.50. The molecule has 0 amide bonds. The maximum Gasteiger partial charge on any atom is 0.131 e. The Morgan fingerprint density at radius 2 is 2.18 bits per heavy atom. The number of Topliss-reactive ketones (excluding diaryl/α,β-unsaturated/α-hetero) is 1. The normalized spacial score (nSPS) is 22.7. The van der Waals surface area contributed by atoms with Gasteiger partial charge in [0.2, 0.25) is 0 Å². The van der Waals surface area contributed by atoms with E-state index in [1.807, 2.05) is 0 Å². The van der Waals surface area contributed by atoms with Crippen molar-refractivity contribution in [3.63, 3.8) is 0 Å². The average molecular weight is 240 g/mol. The molecule has 0 bridgehead atoms. The van der Waals surface area contributed by atoms with E-state index in [4.69, 9.17) is 0 Å². The van der Waals surface area contributed by atoms with E-state index in [-0.39, 0.29) is 5.78 Å². The molecule has 1 N–H and O–H groups in total. The van der Waals surface area contributed by atoms with Gasteiger partial charge in [-0.2, -0.15) is 0 Å². The van der Waals surface area contributed by atoms with Crippen molar-refractivity contribution in [2.24, 2.45) is 11.3 Å². The number of hydrogen-bond donors (Lipinski definition) is 1. The van der Waals surface area contributed by atoms with Crippen LogP contribution in [0.4, 0.5) is 0 Å². The minimum absolute atomic E-state index is 0.271. The maximum atomic E-state index is 10.9. The summed E-state index contributed by atoms with van der Waals surface area (Å²) in [5.41, 5.74) is 0.325. The van der Waals surface area contributed by atoms with E-state index in [1.54, 1.807) is 6.92 Å². The average Bonchev–Trinajstić information content (AvgIpc) is 2.24. The smallest absolute Gasteiger partial charge is 0.131 e. The predicted octanol–water partition coefficient (Wildman–Crippen LogP) is 1.92. The molecular weight excluding hydrogens is 212 g/mol. The van der Waals surface area contributed by atoms with Gasteiger partial charge in [0.05, 0.1) is 0 Å². The molecule has 1 aliphatic heterocycles. The van der Waals surface area contributed by atoms with Crippen molar-refractivity contribution in [3.05, 3.63) is 0 Å². The third-order valence-corrected chi connectivity index (χ3v) is 3.96. The summed E-state index contributed by atoms with van der Waals surface area (Å²) < 4.78 is 0. The molecule has 1 aliphatic rings. The van der Waals surface area contributed by atoms with Gasteiger partial charge in [-0.1, -0.05) is 13.8 Å². The Morgan fingerprint density at radius 1 is 1.47 bits per heavy atom. The molecule has 1 atom stereocenters. The standard InChI is InChI=1S/C14H28N2O/c1-12(17)7-8-15-11-14(2,3)13-6-5-9-16(4)10-13/h13,15H,5-11H2,1-4H3. The fraction of sp³-hybridized carbons (Fsp3) is 0.929. The second-order valence-electron chi connectivity index (χ2n) is 6.22. The third-order valence-electron chi connectivity index (χ3n) is 3.96. The van der Waals surface area contributed by atoms with Gasteiger partial charge < -0.3 is 10.2 Å². The third kappa shape index (κ3) is 5.17. The lowest BCUT2D eigenvalue weighted by Crippen LogP contribution is -2.44. The molecular formula is C14H28N2O. The highest BCUT2D eigenvalue weighted by molar-refractivity contribution is 5.75. The van der Waals surface area contributed by atoms with Gasteiger partial charge in [0.15, 0.2) is 0 Å². The summed E-state index contributed by atoms with van der Waals surface area (Å²) in [6.45, 7) is 10.6. The maximum absolute atomic E-state index is 10.9. The number of rotatable bonds is 6. The number of carbonyl (C=O) groups excluding carboxylic acids is 1. The lowest BCUT2D eigenvalue weighted by atomic mass is 9.74. The molecule has 3 nitrogen and oxygen atoms in total. The molecule has 0 aromatic carbocycles. The fourth-order valence-corrected chi connectivity index (χ4v) is 2.62. The van der Waals surface area contributed by atoms with Crippen LogP contribution in [0.1, 0.15) is 40.0 Å². The largest absolute Gasteiger partial charge is 0.316 e. The Bertz CT molecular complexity index is 251. The summed E-state index contributed by atoms with van der Waals surface area (Å²) in [4.78, 5) is 13.3. The molecule has 1 saturated heterocycles. The van der Waals surface area contributed by atoms with Crippen molar-refractivity contribution in [3.8, 4) is 0 Å². The molecule has 0 saturated carbocycles. The monoisotopic (exact) mass is 240 g/mol. The minimum atomic E-state index is 0.271. The van der Waals surface area contributed by atoms with Gasteiger partial charge in [0.1, 0.15) is 5.78 Å². The van der Waals surface area contributed by atoms with Crippen molar-refractivity contribution in [2.45, 2.75) is 40.0 Å². The van der Waals surface area contributed by atoms with Gasteiger partial charge in [-0.05, 0) is 44.7 Å². The number of likely N-dealkylation sites (tertiary alicyclic amines) is 1. The van der Waals surface area contributed by atoms with E-state index < -0.39 is 0 Å². The number of hydrogen-bond acceptors (Lipinski definition) is 3. The van der Waals surface area contributed by atoms with Gasteiger partial charge in [-0.15, -0.1) is 0 Å². The number of nitrogens with one attached hydrogen (secondary N) is 1. The van der Waals surface area contributed by atoms with E-state index in [0.29, 0.717) is 11.8 Å². The van der Waals surface area contributed by atoms with Gasteiger partial charge in [0.25, 0.3) is 0 Å². The summed E-state index contributed by atoms with van der Waals surface area (Å²) in [5.74, 6) is 1.04. The van der Waals surface area contributed by atoms with Crippen molar-refractivity contribution in [1.29, 1.82) is 0 Å². The zero-order valence-corrected chi connectivity index (χ0v) is 11.9. The van der Waals surface area contributed by atoms with Crippen LogP contribution in [0.25, 0.3) is 0 Å². The van der Waals surface area contributed by atoms with Crippen molar-refractivity contribution in [2.75, 3.05) is 33.2 Å². The molecule has 0 aliphatic carbocycles. The van der Waals surface area contributed by atoms with Crippen molar-refractivity contribution >= 4 is 5.78 Å². The Morgan fingerprint density at radius 3 is 2.76 bits per heavy atom. The van der Waals surface area contributed by atoms with Gasteiger partial charge >= 0.3 is 0 Å². The number of ketones is 1. The SMILES string of the molecule is CC(=O)CCNCC(C)(C)C1CCCN(C)C1.